The van der Waals surface area contributed by atoms with E-state index in [4.69, 9.17) is 28.9 Å². The number of carbonyl (C=O) groups is 4. The zero-order chi connectivity index (χ0) is 38.5. The van der Waals surface area contributed by atoms with Gasteiger partial charge in [-0.1, -0.05) is 24.3 Å². The molecule has 54 heavy (non-hydrogen) atoms. The highest BCUT2D eigenvalue weighted by Gasteiger charge is 2.12. The third kappa shape index (κ3) is 9.85. The van der Waals surface area contributed by atoms with Gasteiger partial charge in [0.15, 0.2) is 0 Å². The predicted molar refractivity (Wildman–Crippen MR) is 200 cm³/mol. The number of pyridine rings is 4. The average molecular weight is 725 g/mol. The van der Waals surface area contributed by atoms with Crippen LogP contribution < -0.4 is 0 Å². The fourth-order valence-corrected chi connectivity index (χ4v) is 4.75. The largest absolute Gasteiger partial charge is 0.464 e. The van der Waals surface area contributed by atoms with E-state index in [0.717, 1.165) is 0 Å². The van der Waals surface area contributed by atoms with Gasteiger partial charge >= 0.3 is 23.9 Å². The van der Waals surface area contributed by atoms with Crippen LogP contribution in [0.4, 0.5) is 0 Å². The molecule has 0 aliphatic rings. The zero-order valence-corrected chi connectivity index (χ0v) is 29.5. The Bertz CT molecular complexity index is 2010. The van der Waals surface area contributed by atoms with Crippen molar-refractivity contribution in [3.63, 3.8) is 0 Å². The van der Waals surface area contributed by atoms with E-state index in [1.165, 1.54) is 53.2 Å². The van der Waals surface area contributed by atoms with Crippen LogP contribution in [0.25, 0.3) is 48.6 Å². The standard InChI is InChI=1S/C40H32N6O8/c1-51-37(47)33-21-25(13-17-41-33)5-9-29-30(10-6-26-14-18-42-34(22-26)38(48)52-2)46-32(12-8-28-16-20-44-36(24-28)40(50)54-4)31(45-29)11-7-27-15-19-43-35(23-27)39(49)53-3/h5-24H,1-4H3/b9-5+,10-6+,11-7+,12-8+. The Morgan fingerprint density at radius 2 is 0.611 bits per heavy atom. The minimum absolute atomic E-state index is 0.129. The molecule has 0 aliphatic carbocycles. The Kier molecular flexibility index (Phi) is 12.7. The first-order valence-corrected chi connectivity index (χ1v) is 16.0. The van der Waals surface area contributed by atoms with Gasteiger partial charge in [-0.2, -0.15) is 0 Å². The third-order valence-electron chi connectivity index (χ3n) is 7.46. The van der Waals surface area contributed by atoms with Crippen LogP contribution in [0.3, 0.4) is 0 Å². The Hall–Kier alpha value is -7.48. The summed E-state index contributed by atoms with van der Waals surface area (Å²) in [5.74, 6) is -2.33. The van der Waals surface area contributed by atoms with E-state index in [0.29, 0.717) is 45.0 Å². The van der Waals surface area contributed by atoms with E-state index < -0.39 is 23.9 Å². The number of methoxy groups -OCH3 is 4. The van der Waals surface area contributed by atoms with Gasteiger partial charge in [0.1, 0.15) is 22.8 Å². The summed E-state index contributed by atoms with van der Waals surface area (Å²) in [4.78, 5) is 74.8. The third-order valence-corrected chi connectivity index (χ3v) is 7.46. The summed E-state index contributed by atoms with van der Waals surface area (Å²) in [6.45, 7) is 0. The topological polar surface area (TPSA) is 183 Å². The summed E-state index contributed by atoms with van der Waals surface area (Å²) in [6, 6.07) is 13.2. The zero-order valence-electron chi connectivity index (χ0n) is 29.5. The molecule has 0 unspecified atom stereocenters. The highest BCUT2D eigenvalue weighted by atomic mass is 16.5. The van der Waals surface area contributed by atoms with Gasteiger partial charge in [0.05, 0.1) is 51.2 Å². The van der Waals surface area contributed by atoms with Gasteiger partial charge in [-0.25, -0.2) is 49.1 Å². The number of rotatable bonds is 12. The maximum absolute atomic E-state index is 12.1. The Labute approximate surface area is 309 Å². The highest BCUT2D eigenvalue weighted by molar-refractivity contribution is 5.91. The van der Waals surface area contributed by atoms with Crippen molar-refractivity contribution in [3.05, 3.63) is 141 Å². The Balaban J connectivity index is 1.66. The van der Waals surface area contributed by atoms with Gasteiger partial charge in [-0.3, -0.25) is 0 Å². The average Bonchev–Trinajstić information content (AvgIpc) is 3.22. The quantitative estimate of drug-likeness (QED) is 0.110. The molecule has 0 bridgehead atoms. The Morgan fingerprint density at radius 1 is 0.389 bits per heavy atom. The summed E-state index contributed by atoms with van der Waals surface area (Å²) in [5, 5.41) is 0. The lowest BCUT2D eigenvalue weighted by Crippen LogP contribution is -2.04. The molecular weight excluding hydrogens is 692 g/mol. The number of carbonyl (C=O) groups excluding carboxylic acids is 4. The molecule has 0 aliphatic heterocycles. The molecule has 0 N–H and O–H groups in total. The van der Waals surface area contributed by atoms with E-state index in [1.54, 1.807) is 97.1 Å². The summed E-state index contributed by atoms with van der Waals surface area (Å²) >= 11 is 0. The van der Waals surface area contributed by atoms with E-state index in [2.05, 4.69) is 19.9 Å². The molecule has 0 radical (unpaired) electrons. The minimum Gasteiger partial charge on any atom is -0.464 e. The van der Waals surface area contributed by atoms with Crippen LogP contribution >= 0.6 is 0 Å². The summed E-state index contributed by atoms with van der Waals surface area (Å²) in [6.07, 6.45) is 19.9. The van der Waals surface area contributed by atoms with Gasteiger partial charge in [0, 0.05) is 24.8 Å². The molecule has 14 heteroatoms. The molecule has 0 amide bonds. The summed E-state index contributed by atoms with van der Waals surface area (Å²) < 4.78 is 19.3. The molecule has 5 heterocycles. The summed E-state index contributed by atoms with van der Waals surface area (Å²) in [7, 11) is 5.10. The van der Waals surface area contributed by atoms with E-state index in [1.807, 2.05) is 0 Å². The fraction of sp³-hybridized carbons (Fsp3) is 0.100. The van der Waals surface area contributed by atoms with Gasteiger partial charge < -0.3 is 18.9 Å². The van der Waals surface area contributed by atoms with Crippen LogP contribution in [-0.2, 0) is 18.9 Å². The predicted octanol–water partition coefficient (Wildman–Crippen LogP) is 5.88. The second kappa shape index (κ2) is 18.1. The van der Waals surface area contributed by atoms with Crippen LogP contribution in [0, 0.1) is 0 Å². The molecule has 5 aromatic rings. The molecule has 0 atom stereocenters. The van der Waals surface area contributed by atoms with Crippen molar-refractivity contribution in [2.45, 2.75) is 0 Å². The number of hydrogen-bond donors (Lipinski definition) is 0. The summed E-state index contributed by atoms with van der Waals surface area (Å²) in [5.41, 5.74) is 4.83. The number of aromatic nitrogens is 6. The highest BCUT2D eigenvalue weighted by Crippen LogP contribution is 2.21. The van der Waals surface area contributed by atoms with Crippen molar-refractivity contribution < 1.29 is 38.1 Å². The van der Waals surface area contributed by atoms with E-state index in [9.17, 15) is 19.2 Å². The van der Waals surface area contributed by atoms with Gasteiger partial charge in [-0.15, -0.1) is 0 Å². The fourth-order valence-electron chi connectivity index (χ4n) is 4.75. The van der Waals surface area contributed by atoms with Crippen molar-refractivity contribution in [2.24, 2.45) is 0 Å². The van der Waals surface area contributed by atoms with Gasteiger partial charge in [0.2, 0.25) is 0 Å². The smallest absolute Gasteiger partial charge is 0.356 e. The van der Waals surface area contributed by atoms with Gasteiger partial charge in [0.25, 0.3) is 0 Å². The second-order valence-corrected chi connectivity index (χ2v) is 11.0. The maximum Gasteiger partial charge on any atom is 0.356 e. The van der Waals surface area contributed by atoms with Crippen molar-refractivity contribution in [1.29, 1.82) is 0 Å². The molecule has 270 valence electrons. The minimum atomic E-state index is -0.583. The molecule has 14 nitrogen and oxygen atoms in total. The van der Waals surface area contributed by atoms with Crippen LogP contribution in [-0.4, -0.2) is 82.2 Å². The number of esters is 4. The molecule has 5 rings (SSSR count). The normalized spacial score (nSPS) is 11.3. The van der Waals surface area contributed by atoms with Crippen molar-refractivity contribution >= 4 is 72.5 Å². The van der Waals surface area contributed by atoms with Crippen molar-refractivity contribution in [2.75, 3.05) is 28.4 Å². The monoisotopic (exact) mass is 724 g/mol. The van der Waals surface area contributed by atoms with Crippen LogP contribution in [0.5, 0.6) is 0 Å². The lowest BCUT2D eigenvalue weighted by molar-refractivity contribution is 0.0585. The molecular formula is C40H32N6O8. The molecule has 0 aromatic carbocycles. The van der Waals surface area contributed by atoms with Crippen molar-refractivity contribution in [3.8, 4) is 0 Å². The van der Waals surface area contributed by atoms with Crippen LogP contribution in [0.1, 0.15) is 87.0 Å². The van der Waals surface area contributed by atoms with E-state index >= 15 is 0 Å². The lowest BCUT2D eigenvalue weighted by atomic mass is 10.1. The number of hydrogen-bond acceptors (Lipinski definition) is 14. The SMILES string of the molecule is COC(=O)c1cc(/C=C/c2nc(/C=C/c3ccnc(C(=O)OC)c3)c(/C=C/c3ccnc(C(=O)OC)c3)nc2/C=C/c2ccnc(C(=O)OC)c2)ccn1. The van der Waals surface area contributed by atoms with Crippen molar-refractivity contribution in [1.82, 2.24) is 29.9 Å². The Morgan fingerprint density at radius 3 is 0.815 bits per heavy atom. The van der Waals surface area contributed by atoms with Gasteiger partial charge in [-0.05, 0) is 95.1 Å². The molecule has 0 saturated heterocycles. The van der Waals surface area contributed by atoms with Crippen LogP contribution in [0.2, 0.25) is 0 Å². The molecule has 5 aromatic heterocycles. The number of ether oxygens (including phenoxy) is 4. The molecule has 0 spiro atoms. The first kappa shape index (κ1) is 37.8. The maximum atomic E-state index is 12.1. The first-order chi connectivity index (χ1) is 26.2. The van der Waals surface area contributed by atoms with E-state index in [-0.39, 0.29) is 22.8 Å². The first-order valence-electron chi connectivity index (χ1n) is 16.0. The second-order valence-electron chi connectivity index (χ2n) is 11.0. The molecule has 0 saturated carbocycles. The number of nitrogens with zero attached hydrogens (tertiary/aromatic N) is 6. The van der Waals surface area contributed by atoms with Crippen LogP contribution in [0.15, 0.2) is 73.3 Å². The molecule has 0 fully saturated rings. The lowest BCUT2D eigenvalue weighted by Gasteiger charge is -2.08.